The van der Waals surface area contributed by atoms with Crippen LogP contribution < -0.4 is 5.32 Å². The van der Waals surface area contributed by atoms with Gasteiger partial charge in [0, 0.05) is 11.9 Å². The molecule has 26 heavy (non-hydrogen) atoms. The molecule has 1 aromatic heterocycles. The molecule has 0 spiro atoms. The van der Waals surface area contributed by atoms with Crippen molar-refractivity contribution >= 4 is 52.4 Å². The van der Waals surface area contributed by atoms with Gasteiger partial charge < -0.3 is 10.1 Å². The molecule has 0 bridgehead atoms. The molecule has 2 aromatic rings. The van der Waals surface area contributed by atoms with E-state index in [1.165, 1.54) is 13.1 Å². The van der Waals surface area contributed by atoms with Crippen molar-refractivity contribution in [1.82, 2.24) is 4.98 Å². The number of nitrogens with one attached hydrogen (secondary N) is 1. The Morgan fingerprint density at radius 3 is 2.23 bits per heavy atom. The summed E-state index contributed by atoms with van der Waals surface area (Å²) in [5.41, 5.74) is 1.55. The minimum Gasteiger partial charge on any atom is -0.448 e. The topological polar surface area (TPSA) is 68.3 Å². The average Bonchev–Trinajstić information content (AvgIpc) is 2.60. The van der Waals surface area contributed by atoms with Crippen molar-refractivity contribution in [3.8, 4) is 0 Å². The van der Waals surface area contributed by atoms with Gasteiger partial charge in [-0.25, -0.2) is 9.78 Å². The van der Waals surface area contributed by atoms with Gasteiger partial charge in [0.1, 0.15) is 0 Å². The number of carbonyl (C=O) groups is 2. The maximum atomic E-state index is 12.2. The van der Waals surface area contributed by atoms with E-state index in [2.05, 4.69) is 24.1 Å². The standard InChI is InChI=1S/C18H17Cl3N2O3/c1-9(2)11-4-6-12(7-5-11)23-17(24)10(3)26-18(25)16-15(21)14(20)13(19)8-22-16/h4-10H,1-3H3,(H,23,24)/t10-/m0/s1. The van der Waals surface area contributed by atoms with E-state index in [-0.39, 0.29) is 20.8 Å². The first-order valence-corrected chi connectivity index (χ1v) is 8.95. The molecule has 1 amide bonds. The van der Waals surface area contributed by atoms with E-state index in [0.717, 1.165) is 5.56 Å². The number of amides is 1. The molecular weight excluding hydrogens is 399 g/mol. The van der Waals surface area contributed by atoms with Crippen LogP contribution in [-0.4, -0.2) is 23.0 Å². The van der Waals surface area contributed by atoms with Gasteiger partial charge in [0.2, 0.25) is 0 Å². The molecular formula is C18H17Cl3N2O3. The molecule has 1 heterocycles. The summed E-state index contributed by atoms with van der Waals surface area (Å²) in [6, 6.07) is 7.44. The summed E-state index contributed by atoms with van der Waals surface area (Å²) < 4.78 is 5.11. The third-order valence-corrected chi connectivity index (χ3v) is 4.85. The summed E-state index contributed by atoms with van der Waals surface area (Å²) in [5, 5.41) is 2.67. The van der Waals surface area contributed by atoms with Crippen molar-refractivity contribution in [1.29, 1.82) is 0 Å². The minimum absolute atomic E-state index is 0.00219. The first-order chi connectivity index (χ1) is 12.2. The van der Waals surface area contributed by atoms with Crippen molar-refractivity contribution in [3.05, 3.63) is 56.8 Å². The third-order valence-electron chi connectivity index (χ3n) is 3.61. The lowest BCUT2D eigenvalue weighted by Gasteiger charge is -2.14. The lowest BCUT2D eigenvalue weighted by atomic mass is 10.0. The van der Waals surface area contributed by atoms with Crippen LogP contribution in [-0.2, 0) is 9.53 Å². The number of nitrogens with zero attached hydrogens (tertiary/aromatic N) is 1. The van der Waals surface area contributed by atoms with Gasteiger partial charge in [0.25, 0.3) is 5.91 Å². The van der Waals surface area contributed by atoms with Crippen LogP contribution in [0.2, 0.25) is 15.1 Å². The monoisotopic (exact) mass is 414 g/mol. The SMILES string of the molecule is CC(C)c1ccc(NC(=O)[C@H](C)OC(=O)c2ncc(Cl)c(Cl)c2Cl)cc1. The second-order valence-electron chi connectivity index (χ2n) is 5.90. The normalized spacial score (nSPS) is 12.0. The highest BCUT2D eigenvalue weighted by atomic mass is 35.5. The lowest BCUT2D eigenvalue weighted by Crippen LogP contribution is -2.30. The molecule has 1 N–H and O–H groups in total. The Kier molecular flexibility index (Phi) is 6.87. The van der Waals surface area contributed by atoms with Crippen molar-refractivity contribution < 1.29 is 14.3 Å². The highest BCUT2D eigenvalue weighted by Crippen LogP contribution is 2.31. The Morgan fingerprint density at radius 2 is 1.65 bits per heavy atom. The highest BCUT2D eigenvalue weighted by Gasteiger charge is 2.23. The largest absolute Gasteiger partial charge is 0.448 e. The Bertz CT molecular complexity index is 823. The number of anilines is 1. The van der Waals surface area contributed by atoms with Crippen LogP contribution in [0.15, 0.2) is 30.5 Å². The first-order valence-electron chi connectivity index (χ1n) is 7.82. The van der Waals surface area contributed by atoms with E-state index in [1.807, 2.05) is 12.1 Å². The lowest BCUT2D eigenvalue weighted by molar-refractivity contribution is -0.123. The van der Waals surface area contributed by atoms with Crippen molar-refractivity contribution in [2.45, 2.75) is 32.8 Å². The Balaban J connectivity index is 2.02. The molecule has 0 radical (unpaired) electrons. The van der Waals surface area contributed by atoms with E-state index in [1.54, 1.807) is 12.1 Å². The summed E-state index contributed by atoms with van der Waals surface area (Å²) in [6.07, 6.45) is 0.132. The molecule has 0 aliphatic heterocycles. The molecule has 1 aromatic carbocycles. The van der Waals surface area contributed by atoms with Crippen LogP contribution >= 0.6 is 34.8 Å². The van der Waals surface area contributed by atoms with Gasteiger partial charge in [-0.2, -0.15) is 0 Å². The van der Waals surface area contributed by atoms with Gasteiger partial charge in [0.15, 0.2) is 11.8 Å². The van der Waals surface area contributed by atoms with Crippen LogP contribution in [0.5, 0.6) is 0 Å². The predicted octanol–water partition coefficient (Wildman–Crippen LogP) is 5.35. The van der Waals surface area contributed by atoms with Crippen molar-refractivity contribution in [3.63, 3.8) is 0 Å². The number of benzene rings is 1. The molecule has 0 saturated heterocycles. The van der Waals surface area contributed by atoms with Gasteiger partial charge >= 0.3 is 5.97 Å². The molecule has 8 heteroatoms. The number of rotatable bonds is 5. The Labute approximate surface area is 166 Å². The predicted molar refractivity (Wildman–Crippen MR) is 103 cm³/mol. The molecule has 0 aliphatic rings. The van der Waals surface area contributed by atoms with E-state index < -0.39 is 18.0 Å². The van der Waals surface area contributed by atoms with Gasteiger partial charge in [-0.3, -0.25) is 4.79 Å². The van der Waals surface area contributed by atoms with Crippen LogP contribution in [0, 0.1) is 0 Å². The number of aromatic nitrogens is 1. The van der Waals surface area contributed by atoms with E-state index >= 15 is 0 Å². The minimum atomic E-state index is -1.06. The van der Waals surface area contributed by atoms with E-state index in [0.29, 0.717) is 11.6 Å². The van der Waals surface area contributed by atoms with Crippen LogP contribution in [0.3, 0.4) is 0 Å². The maximum absolute atomic E-state index is 12.2. The third kappa shape index (κ3) is 4.87. The smallest absolute Gasteiger partial charge is 0.359 e. The van der Waals surface area contributed by atoms with Gasteiger partial charge in [0.05, 0.1) is 15.1 Å². The van der Waals surface area contributed by atoms with E-state index in [4.69, 9.17) is 39.5 Å². The van der Waals surface area contributed by atoms with Gasteiger partial charge in [-0.15, -0.1) is 0 Å². The number of hydrogen-bond acceptors (Lipinski definition) is 4. The number of halogens is 3. The fraction of sp³-hybridized carbons (Fsp3) is 0.278. The van der Waals surface area contributed by atoms with Gasteiger partial charge in [-0.05, 0) is 30.5 Å². The molecule has 0 aliphatic carbocycles. The number of carbonyl (C=O) groups excluding carboxylic acids is 2. The summed E-state index contributed by atoms with van der Waals surface area (Å²) in [6.45, 7) is 5.61. The Hall–Kier alpha value is -1.82. The highest BCUT2D eigenvalue weighted by molar-refractivity contribution is 6.48. The summed E-state index contributed by atoms with van der Waals surface area (Å²) in [5.74, 6) is -0.957. The number of esters is 1. The maximum Gasteiger partial charge on any atom is 0.359 e. The summed E-state index contributed by atoms with van der Waals surface area (Å²) >= 11 is 17.6. The zero-order chi connectivity index (χ0) is 19.4. The molecule has 2 rings (SSSR count). The average molecular weight is 416 g/mol. The van der Waals surface area contributed by atoms with Crippen LogP contribution in [0.25, 0.3) is 0 Å². The number of hydrogen-bond donors (Lipinski definition) is 1. The molecule has 0 saturated carbocycles. The quantitative estimate of drug-likeness (QED) is 0.668. The molecule has 1 atom stereocenters. The van der Waals surface area contributed by atoms with Crippen LogP contribution in [0.4, 0.5) is 5.69 Å². The zero-order valence-electron chi connectivity index (χ0n) is 14.3. The number of ether oxygens (including phenoxy) is 1. The van der Waals surface area contributed by atoms with E-state index in [9.17, 15) is 9.59 Å². The molecule has 5 nitrogen and oxygen atoms in total. The summed E-state index contributed by atoms with van der Waals surface area (Å²) in [4.78, 5) is 28.2. The molecule has 138 valence electrons. The van der Waals surface area contributed by atoms with Crippen molar-refractivity contribution in [2.24, 2.45) is 0 Å². The zero-order valence-corrected chi connectivity index (χ0v) is 16.6. The Morgan fingerprint density at radius 1 is 1.04 bits per heavy atom. The molecule has 0 unspecified atom stereocenters. The number of pyridine rings is 1. The van der Waals surface area contributed by atoms with Crippen molar-refractivity contribution in [2.75, 3.05) is 5.32 Å². The second kappa shape index (κ2) is 8.71. The fourth-order valence-corrected chi connectivity index (χ4v) is 2.61. The summed E-state index contributed by atoms with van der Waals surface area (Å²) in [7, 11) is 0. The fourth-order valence-electron chi connectivity index (χ4n) is 2.05. The first kappa shape index (κ1) is 20.5. The molecule has 0 fully saturated rings. The van der Waals surface area contributed by atoms with Gasteiger partial charge in [-0.1, -0.05) is 60.8 Å². The second-order valence-corrected chi connectivity index (χ2v) is 7.06. The van der Waals surface area contributed by atoms with Crippen LogP contribution in [0.1, 0.15) is 42.7 Å².